The number of amides is 2. The first-order valence-corrected chi connectivity index (χ1v) is 12.4. The lowest BCUT2D eigenvalue weighted by atomic mass is 10.1. The fourth-order valence-electron chi connectivity index (χ4n) is 3.83. The molecule has 0 saturated carbocycles. The lowest BCUT2D eigenvalue weighted by Gasteiger charge is -2.15. The minimum absolute atomic E-state index is 0.0537. The van der Waals surface area contributed by atoms with Crippen LogP contribution in [0.25, 0.3) is 11.4 Å². The number of halogens is 1. The molecule has 0 aliphatic heterocycles. The van der Waals surface area contributed by atoms with E-state index in [-0.39, 0.29) is 29.8 Å². The van der Waals surface area contributed by atoms with E-state index in [9.17, 15) is 14.0 Å². The van der Waals surface area contributed by atoms with Gasteiger partial charge in [0.05, 0.1) is 12.6 Å². The second-order valence-corrected chi connectivity index (χ2v) is 9.40. The SMILES string of the molecule is Cc1cc(CNC(=O)c2cc(C(=O)N[C@@H](C)c3ccc(-c4nnnn4CCN(C)C)cc3)ncn2)ccc1F. The van der Waals surface area contributed by atoms with Crippen LogP contribution >= 0.6 is 0 Å². The highest BCUT2D eigenvalue weighted by Gasteiger charge is 2.17. The molecular formula is C27H30FN9O2. The molecule has 0 fully saturated rings. The predicted octanol–water partition coefficient (Wildman–Crippen LogP) is 2.56. The molecule has 1 atom stereocenters. The highest BCUT2D eigenvalue weighted by Crippen LogP contribution is 2.20. The Bertz CT molecular complexity index is 1450. The molecular weight excluding hydrogens is 501 g/mol. The summed E-state index contributed by atoms with van der Waals surface area (Å²) in [4.78, 5) is 35.5. The third kappa shape index (κ3) is 7.05. The van der Waals surface area contributed by atoms with Crippen molar-refractivity contribution in [2.45, 2.75) is 33.0 Å². The number of nitrogens with zero attached hydrogens (tertiary/aromatic N) is 7. The van der Waals surface area contributed by atoms with Crippen molar-refractivity contribution < 1.29 is 14.0 Å². The Morgan fingerprint density at radius 2 is 1.74 bits per heavy atom. The molecule has 0 bridgehead atoms. The second kappa shape index (κ2) is 12.3. The maximum absolute atomic E-state index is 13.5. The van der Waals surface area contributed by atoms with Gasteiger partial charge in [-0.1, -0.05) is 36.4 Å². The summed E-state index contributed by atoms with van der Waals surface area (Å²) in [7, 11) is 3.98. The predicted molar refractivity (Wildman–Crippen MR) is 142 cm³/mol. The Hall–Kier alpha value is -4.58. The van der Waals surface area contributed by atoms with Gasteiger partial charge in [-0.3, -0.25) is 9.59 Å². The summed E-state index contributed by atoms with van der Waals surface area (Å²) in [6, 6.07) is 13.3. The third-order valence-corrected chi connectivity index (χ3v) is 6.12. The Morgan fingerprint density at radius 1 is 1.03 bits per heavy atom. The number of hydrogen-bond acceptors (Lipinski definition) is 8. The molecule has 4 rings (SSSR count). The maximum Gasteiger partial charge on any atom is 0.270 e. The number of rotatable bonds is 10. The van der Waals surface area contributed by atoms with Gasteiger partial charge in [-0.05, 0) is 61.1 Å². The van der Waals surface area contributed by atoms with Crippen LogP contribution in [0.2, 0.25) is 0 Å². The fraction of sp³-hybridized carbons (Fsp3) is 0.296. The lowest BCUT2D eigenvalue weighted by molar-refractivity contribution is 0.0934. The van der Waals surface area contributed by atoms with Crippen molar-refractivity contribution in [3.8, 4) is 11.4 Å². The summed E-state index contributed by atoms with van der Waals surface area (Å²) in [5.41, 5.74) is 3.10. The quantitative estimate of drug-likeness (QED) is 0.319. The van der Waals surface area contributed by atoms with Crippen molar-refractivity contribution in [1.29, 1.82) is 0 Å². The van der Waals surface area contributed by atoms with Crippen LogP contribution in [0.5, 0.6) is 0 Å². The molecule has 4 aromatic rings. The van der Waals surface area contributed by atoms with Crippen LogP contribution in [0.15, 0.2) is 54.9 Å². The summed E-state index contributed by atoms with van der Waals surface area (Å²) >= 11 is 0. The second-order valence-electron chi connectivity index (χ2n) is 9.40. The highest BCUT2D eigenvalue weighted by molar-refractivity contribution is 5.97. The van der Waals surface area contributed by atoms with Gasteiger partial charge in [0.1, 0.15) is 23.5 Å². The number of carbonyl (C=O) groups excluding carboxylic acids is 2. The molecule has 11 nitrogen and oxygen atoms in total. The number of benzene rings is 2. The van der Waals surface area contributed by atoms with E-state index in [1.54, 1.807) is 23.7 Å². The van der Waals surface area contributed by atoms with Crippen molar-refractivity contribution in [3.63, 3.8) is 0 Å². The lowest BCUT2D eigenvalue weighted by Crippen LogP contribution is -2.29. The number of aryl methyl sites for hydroxylation is 1. The Kier molecular flexibility index (Phi) is 8.67. The van der Waals surface area contributed by atoms with E-state index < -0.39 is 11.8 Å². The molecule has 12 heteroatoms. The van der Waals surface area contributed by atoms with E-state index in [1.165, 1.54) is 18.5 Å². The highest BCUT2D eigenvalue weighted by atomic mass is 19.1. The minimum Gasteiger partial charge on any atom is -0.347 e. The van der Waals surface area contributed by atoms with Crippen LogP contribution in [0, 0.1) is 12.7 Å². The van der Waals surface area contributed by atoms with Gasteiger partial charge in [-0.2, -0.15) is 0 Å². The molecule has 2 aromatic heterocycles. The summed E-state index contributed by atoms with van der Waals surface area (Å²) in [6.45, 7) is 5.17. The molecule has 0 saturated heterocycles. The van der Waals surface area contributed by atoms with Crippen LogP contribution in [0.3, 0.4) is 0 Å². The van der Waals surface area contributed by atoms with Crippen molar-refractivity contribution in [2.24, 2.45) is 0 Å². The zero-order valence-electron chi connectivity index (χ0n) is 22.2. The molecule has 0 aliphatic carbocycles. The zero-order valence-corrected chi connectivity index (χ0v) is 22.2. The number of aromatic nitrogens is 6. The first kappa shape index (κ1) is 27.5. The summed E-state index contributed by atoms with van der Waals surface area (Å²) in [6.07, 6.45) is 1.17. The van der Waals surface area contributed by atoms with Crippen LogP contribution in [-0.2, 0) is 13.1 Å². The third-order valence-electron chi connectivity index (χ3n) is 6.12. The van der Waals surface area contributed by atoms with Crippen molar-refractivity contribution in [1.82, 2.24) is 45.7 Å². The molecule has 202 valence electrons. The molecule has 0 radical (unpaired) electrons. The van der Waals surface area contributed by atoms with E-state index in [0.717, 1.165) is 23.2 Å². The first-order chi connectivity index (χ1) is 18.7. The summed E-state index contributed by atoms with van der Waals surface area (Å²) < 4.78 is 15.2. The molecule has 0 unspecified atom stereocenters. The molecule has 39 heavy (non-hydrogen) atoms. The molecule has 2 aromatic carbocycles. The van der Waals surface area contributed by atoms with Crippen LogP contribution < -0.4 is 10.6 Å². The smallest absolute Gasteiger partial charge is 0.270 e. The Labute approximate surface area is 225 Å². The average Bonchev–Trinajstić information content (AvgIpc) is 3.41. The summed E-state index contributed by atoms with van der Waals surface area (Å²) in [5.74, 6) is -0.546. The molecule has 2 heterocycles. The maximum atomic E-state index is 13.5. The minimum atomic E-state index is -0.468. The van der Waals surface area contributed by atoms with Gasteiger partial charge in [0, 0.05) is 24.7 Å². The summed E-state index contributed by atoms with van der Waals surface area (Å²) in [5, 5.41) is 17.6. The largest absolute Gasteiger partial charge is 0.347 e. The van der Waals surface area contributed by atoms with Crippen molar-refractivity contribution in [3.05, 3.63) is 88.8 Å². The van der Waals surface area contributed by atoms with Crippen molar-refractivity contribution in [2.75, 3.05) is 20.6 Å². The monoisotopic (exact) mass is 531 g/mol. The van der Waals surface area contributed by atoms with E-state index in [0.29, 0.717) is 17.9 Å². The van der Waals surface area contributed by atoms with Crippen LogP contribution in [0.1, 0.15) is 50.6 Å². The van der Waals surface area contributed by atoms with Gasteiger partial charge in [-0.15, -0.1) is 5.10 Å². The number of carbonyl (C=O) groups is 2. The number of likely N-dealkylation sites (N-methyl/N-ethyl adjacent to an activating group) is 1. The Morgan fingerprint density at radius 3 is 2.44 bits per heavy atom. The Balaban J connectivity index is 1.37. The number of tetrazole rings is 1. The van der Waals surface area contributed by atoms with E-state index in [4.69, 9.17) is 0 Å². The van der Waals surface area contributed by atoms with Gasteiger partial charge in [0.15, 0.2) is 5.82 Å². The van der Waals surface area contributed by atoms with Gasteiger partial charge in [0.2, 0.25) is 0 Å². The van der Waals surface area contributed by atoms with E-state index in [2.05, 4.69) is 41.0 Å². The molecule has 2 N–H and O–H groups in total. The normalized spacial score (nSPS) is 11.8. The van der Waals surface area contributed by atoms with Crippen LogP contribution in [0.4, 0.5) is 4.39 Å². The number of nitrogens with one attached hydrogen (secondary N) is 2. The molecule has 0 aliphatic rings. The van der Waals surface area contributed by atoms with Crippen LogP contribution in [-0.4, -0.2) is 67.5 Å². The van der Waals surface area contributed by atoms with E-state index in [1.807, 2.05) is 45.3 Å². The van der Waals surface area contributed by atoms with E-state index >= 15 is 0 Å². The average molecular weight is 532 g/mol. The van der Waals surface area contributed by atoms with Crippen molar-refractivity contribution >= 4 is 11.8 Å². The zero-order chi connectivity index (χ0) is 27.9. The van der Waals surface area contributed by atoms with Gasteiger partial charge >= 0.3 is 0 Å². The standard InChI is InChI=1S/C27H30FN9O2/c1-17-13-19(5-10-22(17)28)15-29-26(38)23-14-24(31-16-30-23)27(39)32-18(2)20-6-8-21(9-7-20)25-33-34-35-37(25)12-11-36(3)4/h5-10,13-14,16,18H,11-12,15H2,1-4H3,(H,29,38)(H,32,39)/t18-/m0/s1. The fourth-order valence-corrected chi connectivity index (χ4v) is 3.83. The van der Waals surface area contributed by atoms with Gasteiger partial charge in [0.25, 0.3) is 11.8 Å². The number of hydrogen-bond donors (Lipinski definition) is 2. The topological polar surface area (TPSA) is 131 Å². The molecule has 2 amide bonds. The van der Waals surface area contributed by atoms with Gasteiger partial charge < -0.3 is 15.5 Å². The molecule has 0 spiro atoms. The first-order valence-electron chi connectivity index (χ1n) is 12.4. The van der Waals surface area contributed by atoms with Gasteiger partial charge in [-0.25, -0.2) is 19.0 Å².